The zero-order valence-electron chi connectivity index (χ0n) is 17.9. The molecule has 0 radical (unpaired) electrons. The van der Waals surface area contributed by atoms with Crippen LogP contribution in [0.15, 0.2) is 48.5 Å². The maximum atomic E-state index is 12.6. The number of carbonyl (C=O) groups is 2. The van der Waals surface area contributed by atoms with E-state index in [0.29, 0.717) is 29.2 Å². The average Bonchev–Trinajstić information content (AvgIpc) is 2.80. The van der Waals surface area contributed by atoms with E-state index in [9.17, 15) is 9.59 Å². The van der Waals surface area contributed by atoms with Crippen molar-refractivity contribution in [3.05, 3.63) is 59.7 Å². The summed E-state index contributed by atoms with van der Waals surface area (Å²) < 4.78 is 5.65. The molecule has 2 amide bonds. The third-order valence-corrected chi connectivity index (χ3v) is 5.33. The van der Waals surface area contributed by atoms with Crippen LogP contribution in [0.5, 0.6) is 5.75 Å². The summed E-state index contributed by atoms with van der Waals surface area (Å²) in [6.07, 6.45) is 5.33. The van der Waals surface area contributed by atoms with Gasteiger partial charge in [0.2, 0.25) is 0 Å². The fourth-order valence-electron chi connectivity index (χ4n) is 3.37. The second-order valence-electron chi connectivity index (χ2n) is 7.57. The number of nitrogens with one attached hydrogen (secondary N) is 2. The molecule has 0 atom stereocenters. The van der Waals surface area contributed by atoms with Crippen molar-refractivity contribution in [2.45, 2.75) is 39.0 Å². The van der Waals surface area contributed by atoms with Crippen LogP contribution in [0, 0.1) is 0 Å². The minimum atomic E-state index is -0.310. The number of rotatable bonds is 7. The van der Waals surface area contributed by atoms with E-state index < -0.39 is 0 Å². The molecule has 3 rings (SSSR count). The van der Waals surface area contributed by atoms with Crippen molar-refractivity contribution in [1.29, 1.82) is 0 Å². The summed E-state index contributed by atoms with van der Waals surface area (Å²) in [5, 5.41) is 5.86. The minimum absolute atomic E-state index is 0.0585. The van der Waals surface area contributed by atoms with E-state index in [1.54, 1.807) is 42.5 Å². The molecule has 0 saturated carbocycles. The van der Waals surface area contributed by atoms with E-state index in [2.05, 4.69) is 17.6 Å². The molecule has 1 saturated heterocycles. The van der Waals surface area contributed by atoms with E-state index >= 15 is 0 Å². The van der Waals surface area contributed by atoms with Crippen molar-refractivity contribution in [3.8, 4) is 5.75 Å². The Hall–Kier alpha value is -2.93. The highest BCUT2D eigenvalue weighted by Crippen LogP contribution is 2.16. The smallest absolute Gasteiger partial charge is 0.257 e. The molecule has 31 heavy (non-hydrogen) atoms. The number of likely N-dealkylation sites (tertiary alicyclic amines) is 1. The van der Waals surface area contributed by atoms with Gasteiger partial charge in [-0.05, 0) is 80.4 Å². The monoisotopic (exact) mass is 439 g/mol. The Bertz CT molecular complexity index is 909. The normalized spacial score (nSPS) is 13.4. The molecular weight excluding hydrogens is 410 g/mol. The first kappa shape index (κ1) is 22.7. The molecule has 2 aromatic rings. The van der Waals surface area contributed by atoms with Gasteiger partial charge in [-0.15, -0.1) is 0 Å². The van der Waals surface area contributed by atoms with E-state index in [0.717, 1.165) is 38.8 Å². The molecule has 2 N–H and O–H groups in total. The molecule has 6 nitrogen and oxygen atoms in total. The number of benzene rings is 2. The van der Waals surface area contributed by atoms with Crippen molar-refractivity contribution >= 4 is 34.8 Å². The number of piperidine rings is 1. The lowest BCUT2D eigenvalue weighted by molar-refractivity contribution is 0.0724. The number of amides is 2. The highest BCUT2D eigenvalue weighted by atomic mass is 32.1. The van der Waals surface area contributed by atoms with Crippen LogP contribution in [0.3, 0.4) is 0 Å². The number of anilines is 1. The molecule has 0 bridgehead atoms. The number of unbranched alkanes of at least 4 members (excludes halogenated alkanes) is 1. The van der Waals surface area contributed by atoms with E-state index in [1.807, 2.05) is 11.0 Å². The zero-order valence-corrected chi connectivity index (χ0v) is 18.7. The quantitative estimate of drug-likeness (QED) is 0.487. The number of hydrogen-bond acceptors (Lipinski definition) is 4. The van der Waals surface area contributed by atoms with Crippen LogP contribution in [0.25, 0.3) is 0 Å². The molecule has 1 heterocycles. The first-order chi connectivity index (χ1) is 15.1. The molecule has 7 heteroatoms. The summed E-state index contributed by atoms with van der Waals surface area (Å²) in [4.78, 5) is 27.0. The van der Waals surface area contributed by atoms with Crippen molar-refractivity contribution < 1.29 is 14.3 Å². The maximum Gasteiger partial charge on any atom is 0.257 e. The Morgan fingerprint density at radius 1 is 1.03 bits per heavy atom. The van der Waals surface area contributed by atoms with Crippen LogP contribution in [0.1, 0.15) is 59.7 Å². The van der Waals surface area contributed by atoms with Crippen LogP contribution in [-0.2, 0) is 0 Å². The fourth-order valence-corrected chi connectivity index (χ4v) is 3.59. The molecule has 164 valence electrons. The number of hydrogen-bond donors (Lipinski definition) is 2. The molecular formula is C24H29N3O3S. The minimum Gasteiger partial charge on any atom is -0.494 e. The van der Waals surface area contributed by atoms with Crippen molar-refractivity contribution in [3.63, 3.8) is 0 Å². The second-order valence-corrected chi connectivity index (χ2v) is 7.98. The Labute approximate surface area is 189 Å². The van der Waals surface area contributed by atoms with Gasteiger partial charge in [0.05, 0.1) is 6.61 Å². The summed E-state index contributed by atoms with van der Waals surface area (Å²) >= 11 is 5.27. The number of thiocarbonyl (C=S) groups is 1. The summed E-state index contributed by atoms with van der Waals surface area (Å²) in [5.74, 6) is 0.410. The molecule has 0 aromatic heterocycles. The van der Waals surface area contributed by atoms with Gasteiger partial charge >= 0.3 is 0 Å². The Morgan fingerprint density at radius 2 is 1.77 bits per heavy atom. The van der Waals surface area contributed by atoms with Gasteiger partial charge in [0.15, 0.2) is 5.11 Å². The molecule has 1 aliphatic heterocycles. The first-order valence-corrected chi connectivity index (χ1v) is 11.2. The van der Waals surface area contributed by atoms with Gasteiger partial charge in [0.1, 0.15) is 5.75 Å². The standard InChI is InChI=1S/C24H29N3O3S/c1-2-3-16-30-21-9-7-8-19(17-21)22(28)26-24(31)25-20-12-10-18(11-13-20)23(29)27-14-5-4-6-15-27/h7-13,17H,2-6,14-16H2,1H3,(H2,25,26,28,31). The van der Waals surface area contributed by atoms with Gasteiger partial charge in [-0.25, -0.2) is 0 Å². The summed E-state index contributed by atoms with van der Waals surface area (Å²) in [5.41, 5.74) is 1.83. The van der Waals surface area contributed by atoms with E-state index in [1.165, 1.54) is 6.42 Å². The number of carbonyl (C=O) groups excluding carboxylic acids is 2. The third kappa shape index (κ3) is 6.79. The predicted octanol–water partition coefficient (Wildman–Crippen LogP) is 4.62. The lowest BCUT2D eigenvalue weighted by Crippen LogP contribution is -2.35. The van der Waals surface area contributed by atoms with Crippen LogP contribution in [0.2, 0.25) is 0 Å². The molecule has 0 spiro atoms. The molecule has 0 unspecified atom stereocenters. The van der Waals surface area contributed by atoms with Crippen LogP contribution < -0.4 is 15.4 Å². The Morgan fingerprint density at radius 3 is 2.48 bits per heavy atom. The molecule has 0 aliphatic carbocycles. The second kappa shape index (κ2) is 11.5. The SMILES string of the molecule is CCCCOc1cccc(C(=O)NC(=S)Nc2ccc(C(=O)N3CCCCC3)cc2)c1. The third-order valence-electron chi connectivity index (χ3n) is 5.12. The number of ether oxygens (including phenoxy) is 1. The number of nitrogens with zero attached hydrogens (tertiary/aromatic N) is 1. The summed E-state index contributed by atoms with van der Waals surface area (Å²) in [6.45, 7) is 4.36. The average molecular weight is 440 g/mol. The lowest BCUT2D eigenvalue weighted by atomic mass is 10.1. The van der Waals surface area contributed by atoms with Gasteiger partial charge < -0.3 is 15.0 Å². The predicted molar refractivity (Wildman–Crippen MR) is 127 cm³/mol. The Balaban J connectivity index is 1.52. The van der Waals surface area contributed by atoms with Gasteiger partial charge in [-0.2, -0.15) is 0 Å². The zero-order chi connectivity index (χ0) is 22.1. The highest BCUT2D eigenvalue weighted by Gasteiger charge is 2.18. The Kier molecular flexibility index (Phi) is 8.41. The maximum absolute atomic E-state index is 12.6. The molecule has 2 aromatic carbocycles. The van der Waals surface area contributed by atoms with E-state index in [-0.39, 0.29) is 16.9 Å². The fraction of sp³-hybridized carbons (Fsp3) is 0.375. The largest absolute Gasteiger partial charge is 0.494 e. The summed E-state index contributed by atoms with van der Waals surface area (Å²) in [6, 6.07) is 14.2. The van der Waals surface area contributed by atoms with Crippen molar-refractivity contribution in [1.82, 2.24) is 10.2 Å². The summed E-state index contributed by atoms with van der Waals surface area (Å²) in [7, 11) is 0. The van der Waals surface area contributed by atoms with Gasteiger partial charge in [-0.1, -0.05) is 19.4 Å². The van der Waals surface area contributed by atoms with Gasteiger partial charge in [-0.3, -0.25) is 14.9 Å². The highest BCUT2D eigenvalue weighted by molar-refractivity contribution is 7.80. The van der Waals surface area contributed by atoms with Crippen LogP contribution in [0.4, 0.5) is 5.69 Å². The first-order valence-electron chi connectivity index (χ1n) is 10.8. The molecule has 1 fully saturated rings. The van der Waals surface area contributed by atoms with Gasteiger partial charge in [0.25, 0.3) is 11.8 Å². The lowest BCUT2D eigenvalue weighted by Gasteiger charge is -2.26. The topological polar surface area (TPSA) is 70.7 Å². The van der Waals surface area contributed by atoms with Gasteiger partial charge in [0, 0.05) is 29.9 Å². The van der Waals surface area contributed by atoms with Crippen molar-refractivity contribution in [2.24, 2.45) is 0 Å². The van der Waals surface area contributed by atoms with Crippen molar-refractivity contribution in [2.75, 3.05) is 25.0 Å². The molecule has 1 aliphatic rings. The van der Waals surface area contributed by atoms with E-state index in [4.69, 9.17) is 17.0 Å². The van der Waals surface area contributed by atoms with Crippen LogP contribution >= 0.6 is 12.2 Å². The van der Waals surface area contributed by atoms with Crippen LogP contribution in [-0.4, -0.2) is 41.5 Å².